The predicted octanol–water partition coefficient (Wildman–Crippen LogP) is 15.5. The maximum atomic E-state index is 2.47. The van der Waals surface area contributed by atoms with Gasteiger partial charge in [0.05, 0.1) is 13.1 Å². The molecule has 1 heteroatoms. The largest absolute Gasteiger partial charge is 0.316 e. The van der Waals surface area contributed by atoms with Gasteiger partial charge in [-0.1, -0.05) is 189 Å². The minimum absolute atomic E-state index is 1.15. The van der Waals surface area contributed by atoms with Crippen molar-refractivity contribution in [1.29, 1.82) is 0 Å². The molecule has 0 aromatic heterocycles. The van der Waals surface area contributed by atoms with Gasteiger partial charge in [0.15, 0.2) is 0 Å². The molecule has 0 saturated heterocycles. The van der Waals surface area contributed by atoms with Gasteiger partial charge in [-0.25, -0.2) is 0 Å². The summed E-state index contributed by atoms with van der Waals surface area (Å²) in [5.41, 5.74) is 2.98. The van der Waals surface area contributed by atoms with E-state index in [2.05, 4.69) is 98.8 Å². The standard InChI is InChI=1S/C48H80N/c1-3-5-7-9-11-13-15-17-19-21-23-25-27-29-37-43-49(45-47-39-33-31-34-40-47,46-48-41-35-32-36-42-48)44-38-30-28-26-24-22-20-18-16-14-12-10-8-6-4-2/h21-24,31-36,39-42H,3-20,25-30,37-38,43-46H2,1-2H3/q+1/b23-21+,24-22+. The monoisotopic (exact) mass is 671 g/mol. The first-order chi connectivity index (χ1) is 24.3. The third kappa shape index (κ3) is 24.6. The molecule has 0 N–H and O–H groups in total. The summed E-state index contributed by atoms with van der Waals surface area (Å²) in [4.78, 5) is 0. The lowest BCUT2D eigenvalue weighted by atomic mass is 10.0. The van der Waals surface area contributed by atoms with Crippen LogP contribution >= 0.6 is 0 Å². The molecule has 0 aliphatic rings. The van der Waals surface area contributed by atoms with E-state index in [1.54, 1.807) is 0 Å². The third-order valence-electron chi connectivity index (χ3n) is 10.5. The summed E-state index contributed by atoms with van der Waals surface area (Å²) in [5.74, 6) is 0. The molecule has 0 amide bonds. The number of nitrogens with zero attached hydrogens (tertiary/aromatic N) is 1. The van der Waals surface area contributed by atoms with Crippen LogP contribution in [0.15, 0.2) is 85.0 Å². The van der Waals surface area contributed by atoms with Gasteiger partial charge in [0.25, 0.3) is 0 Å². The van der Waals surface area contributed by atoms with Gasteiger partial charge in [-0.15, -0.1) is 0 Å². The summed E-state index contributed by atoms with van der Waals surface area (Å²) in [6.07, 6.45) is 45.5. The Balaban J connectivity index is 1.76. The van der Waals surface area contributed by atoms with Crippen LogP contribution in [-0.2, 0) is 13.1 Å². The van der Waals surface area contributed by atoms with Crippen molar-refractivity contribution in [2.45, 2.75) is 194 Å². The first-order valence-corrected chi connectivity index (χ1v) is 21.5. The zero-order chi connectivity index (χ0) is 34.8. The first kappa shape index (κ1) is 43.0. The van der Waals surface area contributed by atoms with Crippen LogP contribution in [0.4, 0.5) is 0 Å². The second-order valence-corrected chi connectivity index (χ2v) is 15.2. The highest BCUT2D eigenvalue weighted by Gasteiger charge is 2.27. The lowest BCUT2D eigenvalue weighted by molar-refractivity contribution is -0.954. The molecule has 0 aliphatic heterocycles. The SMILES string of the molecule is CCCCCCCCCC/C=C/CCCCC[N+](CCCCC/C=C/CCCCCCCCCC)(Cc1ccccc1)Cc1ccccc1. The van der Waals surface area contributed by atoms with E-state index in [-0.39, 0.29) is 0 Å². The van der Waals surface area contributed by atoms with Crippen molar-refractivity contribution in [2.75, 3.05) is 13.1 Å². The Morgan fingerprint density at radius 2 is 0.633 bits per heavy atom. The Morgan fingerprint density at radius 1 is 0.347 bits per heavy atom. The zero-order valence-corrected chi connectivity index (χ0v) is 32.7. The number of quaternary nitrogens is 1. The molecule has 0 saturated carbocycles. The fourth-order valence-electron chi connectivity index (χ4n) is 7.46. The second-order valence-electron chi connectivity index (χ2n) is 15.2. The number of hydrogen-bond acceptors (Lipinski definition) is 0. The van der Waals surface area contributed by atoms with Crippen LogP contribution in [0.3, 0.4) is 0 Å². The molecule has 0 atom stereocenters. The molecule has 2 aromatic rings. The maximum absolute atomic E-state index is 2.47. The third-order valence-corrected chi connectivity index (χ3v) is 10.5. The van der Waals surface area contributed by atoms with Crippen molar-refractivity contribution < 1.29 is 4.48 Å². The highest BCUT2D eigenvalue weighted by molar-refractivity contribution is 5.15. The normalized spacial score (nSPS) is 12.1. The Morgan fingerprint density at radius 3 is 0.959 bits per heavy atom. The molecule has 0 bridgehead atoms. The predicted molar refractivity (Wildman–Crippen MR) is 220 cm³/mol. The topological polar surface area (TPSA) is 0 Å². The summed E-state index contributed by atoms with van der Waals surface area (Å²) in [6.45, 7) is 9.46. The zero-order valence-electron chi connectivity index (χ0n) is 32.7. The Bertz CT molecular complexity index is 922. The van der Waals surface area contributed by atoms with Crippen molar-refractivity contribution in [3.05, 3.63) is 96.1 Å². The van der Waals surface area contributed by atoms with E-state index in [4.69, 9.17) is 0 Å². The van der Waals surface area contributed by atoms with Gasteiger partial charge in [0, 0.05) is 11.1 Å². The van der Waals surface area contributed by atoms with Crippen molar-refractivity contribution in [3.8, 4) is 0 Å². The Labute approximate surface area is 306 Å². The minimum Gasteiger partial charge on any atom is -0.316 e. The maximum Gasteiger partial charge on any atom is 0.105 e. The summed E-state index contributed by atoms with van der Waals surface area (Å²) in [7, 11) is 0. The molecule has 2 aromatic carbocycles. The Kier molecular flexibility index (Phi) is 28.0. The molecule has 1 nitrogen and oxygen atoms in total. The van der Waals surface area contributed by atoms with Crippen molar-refractivity contribution in [1.82, 2.24) is 0 Å². The summed E-state index contributed by atoms with van der Waals surface area (Å²) < 4.78 is 1.19. The number of allylic oxidation sites excluding steroid dienone is 4. The van der Waals surface area contributed by atoms with E-state index in [0.29, 0.717) is 0 Å². The number of unbranched alkanes of at least 4 members (excludes halogenated alkanes) is 22. The van der Waals surface area contributed by atoms with Gasteiger partial charge >= 0.3 is 0 Å². The van der Waals surface area contributed by atoms with E-state index in [1.807, 2.05) is 0 Å². The molecule has 0 radical (unpaired) electrons. The van der Waals surface area contributed by atoms with E-state index in [9.17, 15) is 0 Å². The van der Waals surface area contributed by atoms with E-state index in [1.165, 1.54) is 196 Å². The minimum atomic E-state index is 1.15. The number of benzene rings is 2. The molecule has 2 rings (SSSR count). The Hall–Kier alpha value is -2.12. The lowest BCUT2D eigenvalue weighted by Gasteiger charge is -2.39. The summed E-state index contributed by atoms with van der Waals surface area (Å²) >= 11 is 0. The van der Waals surface area contributed by atoms with Crippen molar-refractivity contribution >= 4 is 0 Å². The van der Waals surface area contributed by atoms with Crippen LogP contribution in [0.2, 0.25) is 0 Å². The van der Waals surface area contributed by atoms with Gasteiger partial charge in [-0.05, 0) is 77.0 Å². The van der Waals surface area contributed by atoms with Crippen LogP contribution in [0.25, 0.3) is 0 Å². The van der Waals surface area contributed by atoms with Crippen LogP contribution in [-0.4, -0.2) is 17.6 Å². The fourth-order valence-corrected chi connectivity index (χ4v) is 7.46. The highest BCUT2D eigenvalue weighted by atomic mass is 15.3. The van der Waals surface area contributed by atoms with Gasteiger partial charge in [-0.3, -0.25) is 0 Å². The average Bonchev–Trinajstić information content (AvgIpc) is 3.12. The summed E-state index contributed by atoms with van der Waals surface area (Å²) in [6, 6.07) is 22.7. The number of rotatable bonds is 34. The van der Waals surface area contributed by atoms with E-state index < -0.39 is 0 Å². The van der Waals surface area contributed by atoms with Crippen molar-refractivity contribution in [3.63, 3.8) is 0 Å². The first-order valence-electron chi connectivity index (χ1n) is 21.5. The van der Waals surface area contributed by atoms with Gasteiger partial charge in [-0.2, -0.15) is 0 Å². The average molecular weight is 671 g/mol. The van der Waals surface area contributed by atoms with Crippen molar-refractivity contribution in [2.24, 2.45) is 0 Å². The summed E-state index contributed by atoms with van der Waals surface area (Å²) in [5, 5.41) is 0. The van der Waals surface area contributed by atoms with Gasteiger partial charge in [0.2, 0.25) is 0 Å². The van der Waals surface area contributed by atoms with E-state index in [0.717, 1.165) is 13.1 Å². The van der Waals surface area contributed by atoms with E-state index >= 15 is 0 Å². The smallest absolute Gasteiger partial charge is 0.105 e. The lowest BCUT2D eigenvalue weighted by Crippen LogP contribution is -2.48. The molecular weight excluding hydrogens is 591 g/mol. The molecule has 0 spiro atoms. The van der Waals surface area contributed by atoms with Crippen LogP contribution in [0, 0.1) is 0 Å². The molecule has 0 fully saturated rings. The molecule has 0 heterocycles. The highest BCUT2D eigenvalue weighted by Crippen LogP contribution is 2.24. The van der Waals surface area contributed by atoms with Gasteiger partial charge < -0.3 is 4.48 Å². The van der Waals surface area contributed by atoms with Crippen LogP contribution in [0.1, 0.15) is 192 Å². The quantitative estimate of drug-likeness (QED) is 0.0395. The number of hydrogen-bond donors (Lipinski definition) is 0. The molecule has 276 valence electrons. The molecule has 0 aliphatic carbocycles. The molecule has 0 unspecified atom stereocenters. The molecular formula is C48H80N+. The fraction of sp³-hybridized carbons (Fsp3) is 0.667. The van der Waals surface area contributed by atoms with Gasteiger partial charge in [0.1, 0.15) is 13.1 Å². The molecule has 49 heavy (non-hydrogen) atoms. The van der Waals surface area contributed by atoms with Crippen LogP contribution in [0.5, 0.6) is 0 Å². The second kappa shape index (κ2) is 31.8. The van der Waals surface area contributed by atoms with Crippen LogP contribution < -0.4 is 0 Å².